The highest BCUT2D eigenvalue weighted by atomic mass is 79.9. The second kappa shape index (κ2) is 8.02. The third-order valence-electron chi connectivity index (χ3n) is 5.68. The van der Waals surface area contributed by atoms with Crippen LogP contribution in [0, 0.1) is 11.8 Å². The average Bonchev–Trinajstić information content (AvgIpc) is 2.69. The number of carbonyl (C=O) groups excluding carboxylic acids is 1. The summed E-state index contributed by atoms with van der Waals surface area (Å²) in [5.74, 6) is 1.67. The molecule has 142 valence electrons. The SMILES string of the molecule is COc1ccc(-c2ccc(/C=C3\C(=O)C(Br)(C(C)C)CCC3C)cc2)cc1. The molecule has 0 spiro atoms. The van der Waals surface area contributed by atoms with Crippen molar-refractivity contribution in [1.82, 2.24) is 0 Å². The van der Waals surface area contributed by atoms with Gasteiger partial charge < -0.3 is 4.74 Å². The van der Waals surface area contributed by atoms with Crippen molar-refractivity contribution in [1.29, 1.82) is 0 Å². The highest BCUT2D eigenvalue weighted by Crippen LogP contribution is 2.44. The van der Waals surface area contributed by atoms with E-state index in [1.54, 1.807) is 7.11 Å². The van der Waals surface area contributed by atoms with E-state index in [1.165, 1.54) is 0 Å². The Morgan fingerprint density at radius 2 is 1.63 bits per heavy atom. The number of benzene rings is 2. The molecule has 2 unspecified atom stereocenters. The number of allylic oxidation sites excluding steroid dienone is 1. The van der Waals surface area contributed by atoms with Crippen molar-refractivity contribution in [3.8, 4) is 16.9 Å². The number of carbonyl (C=O) groups is 1. The van der Waals surface area contributed by atoms with Gasteiger partial charge in [-0.1, -0.05) is 73.1 Å². The summed E-state index contributed by atoms with van der Waals surface area (Å²) in [7, 11) is 1.67. The molecule has 1 aliphatic carbocycles. The highest BCUT2D eigenvalue weighted by Gasteiger charge is 2.44. The number of alkyl halides is 1. The molecule has 2 atom stereocenters. The van der Waals surface area contributed by atoms with Gasteiger partial charge in [-0.15, -0.1) is 0 Å². The molecule has 0 aromatic heterocycles. The standard InChI is InChI=1S/C24H27BrO2/c1-16(2)24(25)14-13-17(3)22(23(24)26)15-18-5-7-19(8-6-18)20-9-11-21(27-4)12-10-20/h5-12,15-17H,13-14H2,1-4H3/b22-15-. The molecule has 0 bridgehead atoms. The molecule has 2 aromatic carbocycles. The van der Waals surface area contributed by atoms with Gasteiger partial charge in [0.25, 0.3) is 0 Å². The summed E-state index contributed by atoms with van der Waals surface area (Å²) in [6, 6.07) is 16.4. The van der Waals surface area contributed by atoms with Gasteiger partial charge in [0.2, 0.25) is 0 Å². The zero-order valence-electron chi connectivity index (χ0n) is 16.5. The minimum atomic E-state index is -0.422. The van der Waals surface area contributed by atoms with Gasteiger partial charge in [-0.05, 0) is 59.6 Å². The van der Waals surface area contributed by atoms with Crippen molar-refractivity contribution in [2.24, 2.45) is 11.8 Å². The van der Waals surface area contributed by atoms with Crippen LogP contribution in [0.25, 0.3) is 17.2 Å². The van der Waals surface area contributed by atoms with Gasteiger partial charge in [0, 0.05) is 5.57 Å². The lowest BCUT2D eigenvalue weighted by Crippen LogP contribution is -2.43. The lowest BCUT2D eigenvalue weighted by molar-refractivity contribution is -0.120. The van der Waals surface area contributed by atoms with E-state index in [-0.39, 0.29) is 11.7 Å². The summed E-state index contributed by atoms with van der Waals surface area (Å²) in [5, 5.41) is 0. The highest BCUT2D eigenvalue weighted by molar-refractivity contribution is 9.10. The zero-order valence-corrected chi connectivity index (χ0v) is 18.0. The Hall–Kier alpha value is -1.87. The summed E-state index contributed by atoms with van der Waals surface area (Å²) in [6.45, 7) is 6.39. The van der Waals surface area contributed by atoms with E-state index in [4.69, 9.17) is 4.74 Å². The smallest absolute Gasteiger partial charge is 0.176 e. The lowest BCUT2D eigenvalue weighted by Gasteiger charge is -2.38. The molecule has 0 heterocycles. The summed E-state index contributed by atoms with van der Waals surface area (Å²) in [6.07, 6.45) is 4.01. The first-order valence-electron chi connectivity index (χ1n) is 9.55. The van der Waals surface area contributed by atoms with Crippen LogP contribution < -0.4 is 4.74 Å². The van der Waals surface area contributed by atoms with Gasteiger partial charge in [-0.3, -0.25) is 4.79 Å². The van der Waals surface area contributed by atoms with E-state index >= 15 is 0 Å². The molecule has 27 heavy (non-hydrogen) atoms. The molecule has 0 aliphatic heterocycles. The Labute approximate surface area is 170 Å². The molecular weight excluding hydrogens is 400 g/mol. The van der Waals surface area contributed by atoms with Crippen LogP contribution in [0.2, 0.25) is 0 Å². The molecule has 1 fully saturated rings. The molecule has 0 N–H and O–H groups in total. The van der Waals surface area contributed by atoms with Crippen molar-refractivity contribution in [2.75, 3.05) is 7.11 Å². The maximum atomic E-state index is 13.1. The fourth-order valence-corrected chi connectivity index (χ4v) is 4.11. The third kappa shape index (κ3) is 4.03. The van der Waals surface area contributed by atoms with Crippen LogP contribution >= 0.6 is 15.9 Å². The number of methoxy groups -OCH3 is 1. The van der Waals surface area contributed by atoms with Gasteiger partial charge >= 0.3 is 0 Å². The molecule has 0 amide bonds. The van der Waals surface area contributed by atoms with Gasteiger partial charge in [-0.25, -0.2) is 0 Å². The second-order valence-electron chi connectivity index (χ2n) is 7.74. The Bertz CT molecular complexity index is 834. The van der Waals surface area contributed by atoms with Crippen LogP contribution in [0.15, 0.2) is 54.1 Å². The van der Waals surface area contributed by atoms with Crippen LogP contribution in [-0.2, 0) is 4.79 Å². The van der Waals surface area contributed by atoms with Crippen molar-refractivity contribution < 1.29 is 9.53 Å². The quantitative estimate of drug-likeness (QED) is 0.409. The molecule has 3 heteroatoms. The molecule has 3 rings (SSSR count). The van der Waals surface area contributed by atoms with Crippen molar-refractivity contribution in [2.45, 2.75) is 37.9 Å². The predicted molar refractivity (Wildman–Crippen MR) is 116 cm³/mol. The van der Waals surface area contributed by atoms with E-state index in [0.29, 0.717) is 5.92 Å². The first kappa shape index (κ1) is 19.9. The maximum absolute atomic E-state index is 13.1. The minimum absolute atomic E-state index is 0.246. The predicted octanol–water partition coefficient (Wildman–Crippen LogP) is 6.53. The van der Waals surface area contributed by atoms with E-state index in [2.05, 4.69) is 79.2 Å². The topological polar surface area (TPSA) is 26.3 Å². The molecular formula is C24H27BrO2. The van der Waals surface area contributed by atoms with Crippen LogP contribution in [0.3, 0.4) is 0 Å². The second-order valence-corrected chi connectivity index (χ2v) is 9.15. The lowest BCUT2D eigenvalue weighted by atomic mass is 9.73. The van der Waals surface area contributed by atoms with E-state index in [0.717, 1.165) is 40.9 Å². The van der Waals surface area contributed by atoms with E-state index in [9.17, 15) is 4.79 Å². The molecule has 2 nitrogen and oxygen atoms in total. The molecule has 1 aliphatic rings. The first-order valence-corrected chi connectivity index (χ1v) is 10.3. The summed E-state index contributed by atoms with van der Waals surface area (Å²) >= 11 is 3.76. The number of hydrogen-bond donors (Lipinski definition) is 0. The molecule has 0 saturated heterocycles. The first-order chi connectivity index (χ1) is 12.8. The largest absolute Gasteiger partial charge is 0.497 e. The summed E-state index contributed by atoms with van der Waals surface area (Å²) in [4.78, 5) is 13.1. The van der Waals surface area contributed by atoms with Crippen molar-refractivity contribution in [3.05, 3.63) is 59.7 Å². The van der Waals surface area contributed by atoms with Gasteiger partial charge in [0.15, 0.2) is 5.78 Å². The number of halogens is 1. The fraction of sp³-hybridized carbons (Fsp3) is 0.375. The van der Waals surface area contributed by atoms with Crippen LogP contribution in [0.4, 0.5) is 0 Å². The Balaban J connectivity index is 1.86. The third-order valence-corrected chi connectivity index (χ3v) is 7.36. The maximum Gasteiger partial charge on any atom is 0.176 e. The van der Waals surface area contributed by atoms with Gasteiger partial charge in [0.05, 0.1) is 11.4 Å². The van der Waals surface area contributed by atoms with E-state index in [1.807, 2.05) is 12.1 Å². The summed E-state index contributed by atoms with van der Waals surface area (Å²) < 4.78 is 4.80. The number of hydrogen-bond acceptors (Lipinski definition) is 2. The minimum Gasteiger partial charge on any atom is -0.497 e. The van der Waals surface area contributed by atoms with Gasteiger partial charge in [0.1, 0.15) is 5.75 Å². The number of Topliss-reactive ketones (excluding diaryl/α,β-unsaturated/α-hetero) is 1. The van der Waals surface area contributed by atoms with Crippen LogP contribution in [0.1, 0.15) is 39.2 Å². The van der Waals surface area contributed by atoms with Crippen LogP contribution in [0.5, 0.6) is 5.75 Å². The average molecular weight is 427 g/mol. The Morgan fingerprint density at radius 1 is 1.07 bits per heavy atom. The molecule has 2 aromatic rings. The zero-order chi connectivity index (χ0) is 19.6. The molecule has 1 saturated carbocycles. The normalized spacial score (nSPS) is 24.4. The monoisotopic (exact) mass is 426 g/mol. The van der Waals surface area contributed by atoms with Gasteiger partial charge in [-0.2, -0.15) is 0 Å². The van der Waals surface area contributed by atoms with Crippen molar-refractivity contribution >= 4 is 27.8 Å². The van der Waals surface area contributed by atoms with E-state index < -0.39 is 4.32 Å². The molecule has 0 radical (unpaired) electrons. The Kier molecular flexibility index (Phi) is 5.90. The summed E-state index contributed by atoms with van der Waals surface area (Å²) in [5.41, 5.74) is 4.31. The van der Waals surface area contributed by atoms with Crippen molar-refractivity contribution in [3.63, 3.8) is 0 Å². The Morgan fingerprint density at radius 3 is 2.15 bits per heavy atom. The number of rotatable bonds is 4. The van der Waals surface area contributed by atoms with Crippen LogP contribution in [-0.4, -0.2) is 17.2 Å². The fourth-order valence-electron chi connectivity index (χ4n) is 3.65. The number of ketones is 1. The number of ether oxygens (including phenoxy) is 1.